The number of ketones is 2. The average molecular weight is 276 g/mol. The summed E-state index contributed by atoms with van der Waals surface area (Å²) < 4.78 is 0. The van der Waals surface area contributed by atoms with Crippen LogP contribution in [-0.4, -0.2) is 11.6 Å². The maximum atomic E-state index is 11.4. The Bertz CT molecular complexity index is 366. The molecule has 3 rings (SSSR count). The predicted octanol–water partition coefficient (Wildman–Crippen LogP) is 4.62. The molecule has 0 heterocycles. The van der Waals surface area contributed by atoms with Gasteiger partial charge in [-0.2, -0.15) is 0 Å². The van der Waals surface area contributed by atoms with Gasteiger partial charge in [0.05, 0.1) is 0 Å². The number of hydrogen-bond acceptors (Lipinski definition) is 2. The van der Waals surface area contributed by atoms with Gasteiger partial charge in [0.1, 0.15) is 11.6 Å². The monoisotopic (exact) mass is 276 g/mol. The molecule has 3 saturated carbocycles. The van der Waals surface area contributed by atoms with Crippen molar-refractivity contribution < 1.29 is 9.59 Å². The highest BCUT2D eigenvalue weighted by Gasteiger charge is 2.44. The molecular weight excluding hydrogens is 248 g/mol. The maximum absolute atomic E-state index is 11.4. The van der Waals surface area contributed by atoms with Crippen LogP contribution in [0.25, 0.3) is 0 Å². The second-order valence-electron chi connectivity index (χ2n) is 6.70. The molecule has 0 aromatic carbocycles. The van der Waals surface area contributed by atoms with E-state index < -0.39 is 0 Å². The molecule has 2 heteroatoms. The second kappa shape index (κ2) is 7.19. The molecule has 0 bridgehead atoms. The molecule has 0 radical (unpaired) electrons. The Morgan fingerprint density at radius 2 is 1.70 bits per heavy atom. The lowest BCUT2D eigenvalue weighted by Gasteiger charge is -2.43. The first-order valence-electron chi connectivity index (χ1n) is 8.35. The number of carbonyl (C=O) groups is 2. The van der Waals surface area contributed by atoms with Crippen molar-refractivity contribution in [2.75, 3.05) is 0 Å². The van der Waals surface area contributed by atoms with E-state index in [1.807, 2.05) is 6.08 Å². The fourth-order valence-electron chi connectivity index (χ4n) is 3.79. The van der Waals surface area contributed by atoms with Crippen LogP contribution in [-0.2, 0) is 9.59 Å². The summed E-state index contributed by atoms with van der Waals surface area (Å²) in [5.41, 5.74) is 0.220. The number of Topliss-reactive ketones (excluding diaryl/α,β-unsaturated/α-hetero) is 2. The number of hydrogen-bond donors (Lipinski definition) is 0. The Balaban J connectivity index is 0.000000147. The number of rotatable bonds is 2. The minimum absolute atomic E-state index is 0.220. The Hall–Kier alpha value is -0.920. The van der Waals surface area contributed by atoms with Crippen molar-refractivity contribution >= 4 is 11.6 Å². The van der Waals surface area contributed by atoms with E-state index in [0.717, 1.165) is 38.5 Å². The van der Waals surface area contributed by atoms with E-state index in [0.29, 0.717) is 17.5 Å². The van der Waals surface area contributed by atoms with Crippen molar-refractivity contribution in [2.45, 2.75) is 77.0 Å². The van der Waals surface area contributed by atoms with E-state index >= 15 is 0 Å². The largest absolute Gasteiger partial charge is 0.299 e. The third-order valence-electron chi connectivity index (χ3n) is 5.34. The Kier molecular flexibility index (Phi) is 5.56. The van der Waals surface area contributed by atoms with Gasteiger partial charge in [0, 0.05) is 24.2 Å². The third kappa shape index (κ3) is 3.59. The molecule has 0 amide bonds. The summed E-state index contributed by atoms with van der Waals surface area (Å²) in [7, 11) is 0. The standard InChI is InChI=1S/2C9H14O/c10-8-4-1-2-5-9(8)6-3-7-9;1-2-5-8-6-3-4-7-9(8)10/h1-7H2;2,8H,1,3-7H2. The fraction of sp³-hybridized carbons (Fsp3) is 0.778. The minimum atomic E-state index is 0.220. The molecule has 2 nitrogen and oxygen atoms in total. The highest BCUT2D eigenvalue weighted by atomic mass is 16.1. The van der Waals surface area contributed by atoms with Crippen LogP contribution in [0.15, 0.2) is 12.7 Å². The van der Waals surface area contributed by atoms with E-state index in [9.17, 15) is 9.59 Å². The first kappa shape index (κ1) is 15.5. The lowest BCUT2D eigenvalue weighted by Crippen LogP contribution is -2.40. The van der Waals surface area contributed by atoms with Crippen LogP contribution in [0.3, 0.4) is 0 Å². The molecule has 112 valence electrons. The topological polar surface area (TPSA) is 34.1 Å². The normalized spacial score (nSPS) is 28.3. The summed E-state index contributed by atoms with van der Waals surface area (Å²) in [6.07, 6.45) is 15.2. The number of allylic oxidation sites excluding steroid dienone is 1. The van der Waals surface area contributed by atoms with Gasteiger partial charge in [-0.1, -0.05) is 25.3 Å². The van der Waals surface area contributed by atoms with Crippen LogP contribution < -0.4 is 0 Å². The molecule has 3 aliphatic carbocycles. The second-order valence-corrected chi connectivity index (χ2v) is 6.70. The van der Waals surface area contributed by atoms with Crippen LogP contribution in [0.4, 0.5) is 0 Å². The molecule has 20 heavy (non-hydrogen) atoms. The molecule has 3 aliphatic rings. The molecule has 0 aliphatic heterocycles. The summed E-state index contributed by atoms with van der Waals surface area (Å²) in [5, 5.41) is 0. The predicted molar refractivity (Wildman–Crippen MR) is 81.5 cm³/mol. The van der Waals surface area contributed by atoms with Gasteiger partial charge in [0.25, 0.3) is 0 Å². The summed E-state index contributed by atoms with van der Waals surface area (Å²) >= 11 is 0. The first-order valence-corrected chi connectivity index (χ1v) is 8.35. The van der Waals surface area contributed by atoms with Gasteiger partial charge in [0.15, 0.2) is 0 Å². The van der Waals surface area contributed by atoms with E-state index in [-0.39, 0.29) is 5.41 Å². The fourth-order valence-corrected chi connectivity index (χ4v) is 3.79. The molecule has 3 fully saturated rings. The molecule has 1 atom stereocenters. The number of carbonyl (C=O) groups excluding carboxylic acids is 2. The third-order valence-corrected chi connectivity index (χ3v) is 5.34. The highest BCUT2D eigenvalue weighted by molar-refractivity contribution is 5.86. The Morgan fingerprint density at radius 3 is 2.20 bits per heavy atom. The van der Waals surface area contributed by atoms with Crippen LogP contribution in [0.5, 0.6) is 0 Å². The summed E-state index contributed by atoms with van der Waals surface area (Å²) in [6.45, 7) is 3.64. The first-order chi connectivity index (χ1) is 9.68. The summed E-state index contributed by atoms with van der Waals surface area (Å²) in [4.78, 5) is 22.5. The molecule has 0 aromatic rings. The van der Waals surface area contributed by atoms with Gasteiger partial charge >= 0.3 is 0 Å². The zero-order chi connectivity index (χ0) is 14.4. The van der Waals surface area contributed by atoms with Gasteiger partial charge in [0.2, 0.25) is 0 Å². The van der Waals surface area contributed by atoms with Gasteiger partial charge in [-0.15, -0.1) is 6.58 Å². The SMILES string of the molecule is C=CCC1CCCCC1=O.O=C1CCCCC12CCC2. The maximum Gasteiger partial charge on any atom is 0.139 e. The summed E-state index contributed by atoms with van der Waals surface area (Å²) in [5.74, 6) is 1.34. The summed E-state index contributed by atoms with van der Waals surface area (Å²) in [6, 6.07) is 0. The lowest BCUT2D eigenvalue weighted by atomic mass is 9.60. The molecular formula is C18H28O2. The molecule has 1 unspecified atom stereocenters. The van der Waals surface area contributed by atoms with Crippen LogP contribution in [0.1, 0.15) is 77.0 Å². The lowest BCUT2D eigenvalue weighted by molar-refractivity contribution is -0.136. The molecule has 0 N–H and O–H groups in total. The van der Waals surface area contributed by atoms with Crippen molar-refractivity contribution in [3.05, 3.63) is 12.7 Å². The van der Waals surface area contributed by atoms with E-state index in [4.69, 9.17) is 0 Å². The van der Waals surface area contributed by atoms with Crippen LogP contribution in [0.2, 0.25) is 0 Å². The van der Waals surface area contributed by atoms with Crippen LogP contribution >= 0.6 is 0 Å². The highest BCUT2D eigenvalue weighted by Crippen LogP contribution is 2.49. The van der Waals surface area contributed by atoms with Gasteiger partial charge in [-0.3, -0.25) is 9.59 Å². The quantitative estimate of drug-likeness (QED) is 0.689. The van der Waals surface area contributed by atoms with Crippen molar-refractivity contribution in [3.63, 3.8) is 0 Å². The van der Waals surface area contributed by atoms with E-state index in [1.54, 1.807) is 0 Å². The molecule has 1 spiro atoms. The van der Waals surface area contributed by atoms with Crippen molar-refractivity contribution in [3.8, 4) is 0 Å². The molecule has 0 saturated heterocycles. The zero-order valence-electron chi connectivity index (χ0n) is 12.7. The molecule has 0 aromatic heterocycles. The minimum Gasteiger partial charge on any atom is -0.299 e. The van der Waals surface area contributed by atoms with Gasteiger partial charge in [-0.05, 0) is 44.9 Å². The van der Waals surface area contributed by atoms with Crippen molar-refractivity contribution in [1.82, 2.24) is 0 Å². The van der Waals surface area contributed by atoms with Crippen LogP contribution in [0, 0.1) is 11.3 Å². The van der Waals surface area contributed by atoms with E-state index in [1.165, 1.54) is 38.5 Å². The smallest absolute Gasteiger partial charge is 0.139 e. The Morgan fingerprint density at radius 1 is 1.00 bits per heavy atom. The van der Waals surface area contributed by atoms with Gasteiger partial charge in [-0.25, -0.2) is 0 Å². The average Bonchev–Trinajstić information content (AvgIpc) is 2.41. The van der Waals surface area contributed by atoms with Crippen molar-refractivity contribution in [1.29, 1.82) is 0 Å². The Labute approximate surface area is 123 Å². The van der Waals surface area contributed by atoms with E-state index in [2.05, 4.69) is 6.58 Å². The van der Waals surface area contributed by atoms with Crippen molar-refractivity contribution in [2.24, 2.45) is 11.3 Å². The zero-order valence-corrected chi connectivity index (χ0v) is 12.7. The van der Waals surface area contributed by atoms with Gasteiger partial charge < -0.3 is 0 Å².